The van der Waals surface area contributed by atoms with E-state index in [1.807, 2.05) is 60.8 Å². The number of nitrogens with one attached hydrogen (secondary N) is 2. The third-order valence-corrected chi connectivity index (χ3v) is 5.36. The molecule has 0 fully saturated rings. The van der Waals surface area contributed by atoms with Crippen LogP contribution in [0, 0.1) is 0 Å². The number of hydrogen-bond donors (Lipinski definition) is 2. The summed E-state index contributed by atoms with van der Waals surface area (Å²) in [5, 5.41) is 8.42. The first-order chi connectivity index (χ1) is 12.4. The second kappa shape index (κ2) is 9.71. The molecular formula is C19H24ClN3O2S. The van der Waals surface area contributed by atoms with Crippen LogP contribution in [0.3, 0.4) is 0 Å². The van der Waals surface area contributed by atoms with Gasteiger partial charge in [-0.3, -0.25) is 9.59 Å². The zero-order valence-corrected chi connectivity index (χ0v) is 16.7. The normalized spacial score (nSPS) is 13.3. The van der Waals surface area contributed by atoms with Gasteiger partial charge in [-0.1, -0.05) is 35.9 Å². The Morgan fingerprint density at radius 2 is 1.92 bits per heavy atom. The van der Waals surface area contributed by atoms with Crippen molar-refractivity contribution in [2.45, 2.75) is 25.4 Å². The zero-order chi connectivity index (χ0) is 19.1. The number of benzene rings is 1. The van der Waals surface area contributed by atoms with E-state index in [2.05, 4.69) is 10.6 Å². The Morgan fingerprint density at radius 3 is 2.50 bits per heavy atom. The number of likely N-dealkylation sites (N-methyl/N-ethyl adjacent to an activating group) is 1. The van der Waals surface area contributed by atoms with Gasteiger partial charge >= 0.3 is 0 Å². The first kappa shape index (κ1) is 20.4. The maximum Gasteiger partial charge on any atom is 0.222 e. The van der Waals surface area contributed by atoms with Gasteiger partial charge in [0, 0.05) is 23.4 Å². The molecule has 2 unspecified atom stereocenters. The first-order valence-corrected chi connectivity index (χ1v) is 9.62. The predicted octanol–water partition coefficient (Wildman–Crippen LogP) is 3.39. The number of carbonyl (C=O) groups excluding carboxylic acids is 2. The van der Waals surface area contributed by atoms with Crippen molar-refractivity contribution in [3.05, 3.63) is 57.2 Å². The van der Waals surface area contributed by atoms with Crippen LogP contribution in [0.15, 0.2) is 41.8 Å². The third kappa shape index (κ3) is 5.83. The molecule has 7 heteroatoms. The van der Waals surface area contributed by atoms with Crippen molar-refractivity contribution in [2.75, 3.05) is 20.6 Å². The minimum Gasteiger partial charge on any atom is -0.354 e. The highest BCUT2D eigenvalue weighted by atomic mass is 35.5. The molecule has 1 aromatic carbocycles. The molecule has 5 nitrogen and oxygen atoms in total. The van der Waals surface area contributed by atoms with E-state index < -0.39 is 0 Å². The summed E-state index contributed by atoms with van der Waals surface area (Å²) in [7, 11) is 3.90. The van der Waals surface area contributed by atoms with Crippen LogP contribution in [0.4, 0.5) is 0 Å². The van der Waals surface area contributed by atoms with Gasteiger partial charge in [0.15, 0.2) is 0 Å². The molecule has 0 spiro atoms. The van der Waals surface area contributed by atoms with Gasteiger partial charge in [0.05, 0.1) is 18.5 Å². The summed E-state index contributed by atoms with van der Waals surface area (Å²) >= 11 is 7.82. The maximum absolute atomic E-state index is 12.5. The molecule has 2 aromatic rings. The highest BCUT2D eigenvalue weighted by molar-refractivity contribution is 7.10. The first-order valence-electron chi connectivity index (χ1n) is 8.36. The summed E-state index contributed by atoms with van der Waals surface area (Å²) in [6, 6.07) is 11.1. The SMILES string of the molecule is CC(=O)NC(CC(=O)NCC(c1ccccc1Cl)N(C)C)c1cccs1. The van der Waals surface area contributed by atoms with Gasteiger partial charge in [-0.15, -0.1) is 11.3 Å². The van der Waals surface area contributed by atoms with Crippen molar-refractivity contribution < 1.29 is 9.59 Å². The van der Waals surface area contributed by atoms with Crippen molar-refractivity contribution in [3.63, 3.8) is 0 Å². The van der Waals surface area contributed by atoms with E-state index in [0.29, 0.717) is 11.6 Å². The fourth-order valence-electron chi connectivity index (χ4n) is 2.74. The van der Waals surface area contributed by atoms with E-state index in [4.69, 9.17) is 11.6 Å². The van der Waals surface area contributed by atoms with E-state index in [1.165, 1.54) is 18.3 Å². The highest BCUT2D eigenvalue weighted by Gasteiger charge is 2.21. The van der Waals surface area contributed by atoms with Crippen LogP contribution in [0.2, 0.25) is 5.02 Å². The summed E-state index contributed by atoms with van der Waals surface area (Å²) in [6.07, 6.45) is 0.197. The Hall–Kier alpha value is -1.89. The van der Waals surface area contributed by atoms with E-state index in [-0.39, 0.29) is 30.3 Å². The summed E-state index contributed by atoms with van der Waals surface area (Å²) in [4.78, 5) is 26.9. The number of thiophene rings is 1. The number of nitrogens with zero attached hydrogens (tertiary/aromatic N) is 1. The summed E-state index contributed by atoms with van der Waals surface area (Å²) in [5.41, 5.74) is 0.969. The van der Waals surface area contributed by atoms with Gasteiger partial charge in [-0.2, -0.15) is 0 Å². The van der Waals surface area contributed by atoms with Gasteiger partial charge in [0.1, 0.15) is 0 Å². The lowest BCUT2D eigenvalue weighted by Gasteiger charge is -2.26. The van der Waals surface area contributed by atoms with Crippen LogP contribution < -0.4 is 10.6 Å². The average Bonchev–Trinajstić information content (AvgIpc) is 3.10. The Balaban J connectivity index is 2.01. The average molecular weight is 394 g/mol. The lowest BCUT2D eigenvalue weighted by Crippen LogP contribution is -2.37. The number of carbonyl (C=O) groups is 2. The Morgan fingerprint density at radius 1 is 1.19 bits per heavy atom. The molecule has 0 saturated carbocycles. The highest BCUT2D eigenvalue weighted by Crippen LogP contribution is 2.26. The lowest BCUT2D eigenvalue weighted by atomic mass is 10.1. The molecular weight excluding hydrogens is 370 g/mol. The minimum atomic E-state index is -0.314. The molecule has 2 rings (SSSR count). The second-order valence-electron chi connectivity index (χ2n) is 6.28. The van der Waals surface area contributed by atoms with Gasteiger partial charge in [0.25, 0.3) is 0 Å². The fourth-order valence-corrected chi connectivity index (χ4v) is 3.78. The molecule has 0 radical (unpaired) electrons. The molecule has 0 aliphatic heterocycles. The Bertz CT molecular complexity index is 734. The fraction of sp³-hybridized carbons (Fsp3) is 0.368. The van der Waals surface area contributed by atoms with Gasteiger partial charge < -0.3 is 15.5 Å². The topological polar surface area (TPSA) is 61.4 Å². The van der Waals surface area contributed by atoms with Crippen molar-refractivity contribution in [1.82, 2.24) is 15.5 Å². The molecule has 2 amide bonds. The molecule has 0 aliphatic rings. The number of amides is 2. The molecule has 2 atom stereocenters. The van der Waals surface area contributed by atoms with Crippen LogP contribution in [0.5, 0.6) is 0 Å². The summed E-state index contributed by atoms with van der Waals surface area (Å²) < 4.78 is 0. The Labute approximate surface area is 163 Å². The predicted molar refractivity (Wildman–Crippen MR) is 106 cm³/mol. The maximum atomic E-state index is 12.5. The molecule has 2 N–H and O–H groups in total. The van der Waals surface area contributed by atoms with Crippen molar-refractivity contribution in [2.24, 2.45) is 0 Å². The van der Waals surface area contributed by atoms with E-state index in [0.717, 1.165) is 10.4 Å². The zero-order valence-electron chi connectivity index (χ0n) is 15.2. The van der Waals surface area contributed by atoms with Crippen molar-refractivity contribution >= 4 is 34.8 Å². The monoisotopic (exact) mass is 393 g/mol. The number of hydrogen-bond acceptors (Lipinski definition) is 4. The second-order valence-corrected chi connectivity index (χ2v) is 7.66. The largest absolute Gasteiger partial charge is 0.354 e. The molecule has 0 saturated heterocycles. The van der Waals surface area contributed by atoms with E-state index >= 15 is 0 Å². The summed E-state index contributed by atoms with van der Waals surface area (Å²) in [6.45, 7) is 1.89. The van der Waals surface area contributed by atoms with E-state index in [9.17, 15) is 9.59 Å². The smallest absolute Gasteiger partial charge is 0.222 e. The van der Waals surface area contributed by atoms with Crippen LogP contribution in [0.1, 0.15) is 35.9 Å². The van der Waals surface area contributed by atoms with Crippen LogP contribution in [-0.2, 0) is 9.59 Å². The molecule has 0 bridgehead atoms. The minimum absolute atomic E-state index is 0.0337. The molecule has 1 aromatic heterocycles. The van der Waals surface area contributed by atoms with Gasteiger partial charge in [-0.05, 0) is 37.2 Å². The standard InChI is InChI=1S/C19H24ClN3O2S/c1-13(24)22-16(18-9-6-10-26-18)11-19(25)21-12-17(23(2)3)14-7-4-5-8-15(14)20/h4-10,16-17H,11-12H2,1-3H3,(H,21,25)(H,22,24). The summed E-state index contributed by atoms with van der Waals surface area (Å²) in [5.74, 6) is -0.269. The molecule has 140 valence electrons. The van der Waals surface area contributed by atoms with E-state index in [1.54, 1.807) is 0 Å². The lowest BCUT2D eigenvalue weighted by molar-refractivity contribution is -0.122. The third-order valence-electron chi connectivity index (χ3n) is 4.03. The van der Waals surface area contributed by atoms with Crippen LogP contribution in [-0.4, -0.2) is 37.4 Å². The molecule has 26 heavy (non-hydrogen) atoms. The van der Waals surface area contributed by atoms with Crippen molar-refractivity contribution in [1.29, 1.82) is 0 Å². The van der Waals surface area contributed by atoms with Gasteiger partial charge in [-0.25, -0.2) is 0 Å². The quantitative estimate of drug-likeness (QED) is 0.722. The number of rotatable bonds is 8. The number of halogens is 1. The van der Waals surface area contributed by atoms with Crippen LogP contribution >= 0.6 is 22.9 Å². The van der Waals surface area contributed by atoms with Gasteiger partial charge in [0.2, 0.25) is 11.8 Å². The van der Waals surface area contributed by atoms with Crippen LogP contribution in [0.25, 0.3) is 0 Å². The Kier molecular flexibility index (Phi) is 7.63. The molecule has 0 aliphatic carbocycles. The molecule has 1 heterocycles. The van der Waals surface area contributed by atoms with Crippen molar-refractivity contribution in [3.8, 4) is 0 Å².